The Hall–Kier alpha value is -2.12. The van der Waals surface area contributed by atoms with Crippen LogP contribution in [-0.2, 0) is 0 Å². The maximum atomic E-state index is 13.6. The standard InChI is InChI=1S/C14H9ClF2N2/c1-8-4-13(17)14(6-12(8)16)19-10-3-2-9(7-18)11(15)5-10/h2-6,19H,1H3. The van der Waals surface area contributed by atoms with Gasteiger partial charge >= 0.3 is 0 Å². The van der Waals surface area contributed by atoms with Crippen LogP contribution in [0, 0.1) is 29.9 Å². The Labute approximate surface area is 114 Å². The van der Waals surface area contributed by atoms with Crippen LogP contribution in [-0.4, -0.2) is 0 Å². The van der Waals surface area contributed by atoms with Crippen molar-refractivity contribution in [2.24, 2.45) is 0 Å². The highest BCUT2D eigenvalue weighted by Gasteiger charge is 2.08. The molecule has 0 unspecified atom stereocenters. The lowest BCUT2D eigenvalue weighted by Crippen LogP contribution is -1.97. The second-order valence-electron chi connectivity index (χ2n) is 4.01. The first-order valence-electron chi connectivity index (χ1n) is 5.43. The largest absolute Gasteiger partial charge is 0.353 e. The minimum Gasteiger partial charge on any atom is -0.353 e. The van der Waals surface area contributed by atoms with E-state index in [-0.39, 0.29) is 16.3 Å². The van der Waals surface area contributed by atoms with E-state index in [9.17, 15) is 8.78 Å². The van der Waals surface area contributed by atoms with Gasteiger partial charge in [0.05, 0.1) is 16.3 Å². The van der Waals surface area contributed by atoms with Crippen molar-refractivity contribution in [3.63, 3.8) is 0 Å². The van der Waals surface area contributed by atoms with Crippen molar-refractivity contribution in [3.05, 3.63) is 58.1 Å². The second kappa shape index (κ2) is 5.25. The van der Waals surface area contributed by atoms with E-state index in [1.54, 1.807) is 6.07 Å². The molecule has 0 heterocycles. The minimum atomic E-state index is -0.556. The van der Waals surface area contributed by atoms with Crippen molar-refractivity contribution in [1.82, 2.24) is 0 Å². The lowest BCUT2D eigenvalue weighted by atomic mass is 10.2. The average molecular weight is 279 g/mol. The third-order valence-electron chi connectivity index (χ3n) is 2.62. The van der Waals surface area contributed by atoms with Gasteiger partial charge in [0.25, 0.3) is 0 Å². The summed E-state index contributed by atoms with van der Waals surface area (Å²) in [4.78, 5) is 0. The zero-order valence-corrected chi connectivity index (χ0v) is 10.7. The summed E-state index contributed by atoms with van der Waals surface area (Å²) in [7, 11) is 0. The van der Waals surface area contributed by atoms with E-state index in [0.29, 0.717) is 11.3 Å². The fraction of sp³-hybridized carbons (Fsp3) is 0.0714. The van der Waals surface area contributed by atoms with Gasteiger partial charge in [0.1, 0.15) is 17.7 Å². The molecule has 5 heteroatoms. The van der Waals surface area contributed by atoms with Crippen molar-refractivity contribution < 1.29 is 8.78 Å². The Morgan fingerprint density at radius 1 is 1.16 bits per heavy atom. The molecule has 0 fully saturated rings. The molecule has 2 nitrogen and oxygen atoms in total. The molecular formula is C14H9ClF2N2. The Bertz CT molecular complexity index is 678. The van der Waals surface area contributed by atoms with Crippen LogP contribution in [0.2, 0.25) is 5.02 Å². The number of halogens is 3. The highest BCUT2D eigenvalue weighted by atomic mass is 35.5. The van der Waals surface area contributed by atoms with Crippen molar-refractivity contribution in [1.29, 1.82) is 5.26 Å². The van der Waals surface area contributed by atoms with Crippen LogP contribution in [0.1, 0.15) is 11.1 Å². The monoisotopic (exact) mass is 278 g/mol. The van der Waals surface area contributed by atoms with Gasteiger partial charge in [-0.05, 0) is 36.8 Å². The number of nitrogens with one attached hydrogen (secondary N) is 1. The Morgan fingerprint density at radius 2 is 1.89 bits per heavy atom. The molecule has 0 saturated heterocycles. The lowest BCUT2D eigenvalue weighted by molar-refractivity contribution is 0.595. The number of hydrogen-bond acceptors (Lipinski definition) is 2. The molecule has 0 atom stereocenters. The first-order valence-corrected chi connectivity index (χ1v) is 5.81. The van der Waals surface area contributed by atoms with E-state index in [4.69, 9.17) is 16.9 Å². The smallest absolute Gasteiger partial charge is 0.147 e. The van der Waals surface area contributed by atoms with Gasteiger partial charge in [-0.1, -0.05) is 11.6 Å². The average Bonchev–Trinajstić information content (AvgIpc) is 2.36. The topological polar surface area (TPSA) is 35.8 Å². The molecule has 0 spiro atoms. The van der Waals surface area contributed by atoms with Gasteiger partial charge in [-0.25, -0.2) is 8.78 Å². The maximum Gasteiger partial charge on any atom is 0.147 e. The predicted molar refractivity (Wildman–Crippen MR) is 70.5 cm³/mol. The van der Waals surface area contributed by atoms with Crippen LogP contribution in [0.4, 0.5) is 20.2 Å². The van der Waals surface area contributed by atoms with Gasteiger partial charge < -0.3 is 5.32 Å². The molecular weight excluding hydrogens is 270 g/mol. The quantitative estimate of drug-likeness (QED) is 0.875. The molecule has 0 aliphatic carbocycles. The van der Waals surface area contributed by atoms with Crippen LogP contribution in [0.3, 0.4) is 0 Å². The molecule has 0 aliphatic rings. The highest BCUT2D eigenvalue weighted by molar-refractivity contribution is 6.32. The Morgan fingerprint density at radius 3 is 2.53 bits per heavy atom. The summed E-state index contributed by atoms with van der Waals surface area (Å²) in [6.07, 6.45) is 0. The van der Waals surface area contributed by atoms with Crippen LogP contribution in [0.5, 0.6) is 0 Å². The van der Waals surface area contributed by atoms with E-state index >= 15 is 0 Å². The maximum absolute atomic E-state index is 13.6. The predicted octanol–water partition coefficient (Wildman–Crippen LogP) is 4.54. The first kappa shape index (κ1) is 13.3. The summed E-state index contributed by atoms with van der Waals surface area (Å²) in [5, 5.41) is 11.7. The molecule has 2 aromatic carbocycles. The summed E-state index contributed by atoms with van der Waals surface area (Å²) < 4.78 is 27.0. The van der Waals surface area contributed by atoms with Crippen LogP contribution < -0.4 is 5.32 Å². The zero-order valence-electron chi connectivity index (χ0n) is 9.97. The van der Waals surface area contributed by atoms with Crippen LogP contribution >= 0.6 is 11.6 Å². The Balaban J connectivity index is 2.34. The fourth-order valence-electron chi connectivity index (χ4n) is 1.58. The van der Waals surface area contributed by atoms with E-state index in [2.05, 4.69) is 5.32 Å². The molecule has 0 saturated carbocycles. The summed E-state index contributed by atoms with van der Waals surface area (Å²) in [6.45, 7) is 1.49. The summed E-state index contributed by atoms with van der Waals surface area (Å²) >= 11 is 5.86. The zero-order chi connectivity index (χ0) is 14.0. The number of nitrogens with zero attached hydrogens (tertiary/aromatic N) is 1. The molecule has 96 valence electrons. The molecule has 1 N–H and O–H groups in total. The first-order chi connectivity index (χ1) is 9.01. The van der Waals surface area contributed by atoms with Crippen molar-refractivity contribution in [2.45, 2.75) is 6.92 Å². The summed E-state index contributed by atoms with van der Waals surface area (Å²) in [5.41, 5.74) is 1.05. The van der Waals surface area contributed by atoms with Crippen LogP contribution in [0.25, 0.3) is 0 Å². The van der Waals surface area contributed by atoms with Gasteiger partial charge in [0.15, 0.2) is 0 Å². The normalized spacial score (nSPS) is 10.1. The number of nitriles is 1. The number of benzene rings is 2. The third-order valence-corrected chi connectivity index (χ3v) is 2.93. The molecule has 0 radical (unpaired) electrons. The van der Waals surface area contributed by atoms with Gasteiger partial charge in [0, 0.05) is 11.8 Å². The number of hydrogen-bond donors (Lipinski definition) is 1. The van der Waals surface area contributed by atoms with Gasteiger partial charge in [0.2, 0.25) is 0 Å². The fourth-order valence-corrected chi connectivity index (χ4v) is 1.80. The third kappa shape index (κ3) is 2.83. The van der Waals surface area contributed by atoms with Gasteiger partial charge in [-0.3, -0.25) is 0 Å². The molecule has 2 aromatic rings. The van der Waals surface area contributed by atoms with Crippen molar-refractivity contribution in [2.75, 3.05) is 5.32 Å². The number of rotatable bonds is 2. The second-order valence-corrected chi connectivity index (χ2v) is 4.42. The molecule has 2 rings (SSSR count). The SMILES string of the molecule is Cc1cc(F)c(Nc2ccc(C#N)c(Cl)c2)cc1F. The molecule has 0 aromatic heterocycles. The van der Waals surface area contributed by atoms with E-state index in [1.807, 2.05) is 6.07 Å². The van der Waals surface area contributed by atoms with Gasteiger partial charge in [-0.2, -0.15) is 5.26 Å². The van der Waals surface area contributed by atoms with E-state index in [1.165, 1.54) is 19.1 Å². The van der Waals surface area contributed by atoms with Crippen LogP contribution in [0.15, 0.2) is 30.3 Å². The lowest BCUT2D eigenvalue weighted by Gasteiger charge is -2.09. The molecule has 0 amide bonds. The van der Waals surface area contributed by atoms with Gasteiger partial charge in [-0.15, -0.1) is 0 Å². The number of anilines is 2. The van der Waals surface area contributed by atoms with E-state index < -0.39 is 11.6 Å². The minimum absolute atomic E-state index is 0.0175. The summed E-state index contributed by atoms with van der Waals surface area (Å²) in [5.74, 6) is -1.05. The number of aryl methyl sites for hydroxylation is 1. The molecule has 0 aliphatic heterocycles. The van der Waals surface area contributed by atoms with Crippen molar-refractivity contribution in [3.8, 4) is 6.07 Å². The molecule has 0 bridgehead atoms. The van der Waals surface area contributed by atoms with E-state index in [0.717, 1.165) is 12.1 Å². The van der Waals surface area contributed by atoms with Crippen molar-refractivity contribution >= 4 is 23.0 Å². The highest BCUT2D eigenvalue weighted by Crippen LogP contribution is 2.26. The molecule has 19 heavy (non-hydrogen) atoms. The Kier molecular flexibility index (Phi) is 3.68. The summed E-state index contributed by atoms with van der Waals surface area (Å²) in [6, 6.07) is 8.68.